The van der Waals surface area contributed by atoms with Gasteiger partial charge in [-0.05, 0) is 19.3 Å². The van der Waals surface area contributed by atoms with Crippen molar-refractivity contribution >= 4 is 21.8 Å². The van der Waals surface area contributed by atoms with Gasteiger partial charge in [-0.3, -0.25) is 10.2 Å². The summed E-state index contributed by atoms with van der Waals surface area (Å²) in [4.78, 5) is 11.1. The lowest BCUT2D eigenvalue weighted by atomic mass is 10.1. The highest BCUT2D eigenvalue weighted by Crippen LogP contribution is 2.27. The van der Waals surface area contributed by atoms with Crippen molar-refractivity contribution in [2.45, 2.75) is 30.6 Å². The third-order valence-electron chi connectivity index (χ3n) is 3.57. The predicted molar refractivity (Wildman–Crippen MR) is 73.8 cm³/mol. The summed E-state index contributed by atoms with van der Waals surface area (Å²) in [5, 5.41) is 15.6. The molecule has 8 heteroatoms. The van der Waals surface area contributed by atoms with Gasteiger partial charge in [-0.1, -0.05) is 18.2 Å². The van der Waals surface area contributed by atoms with E-state index in [1.54, 1.807) is 6.08 Å². The van der Waals surface area contributed by atoms with Gasteiger partial charge < -0.3 is 10.8 Å². The highest BCUT2D eigenvalue weighted by Gasteiger charge is 2.41. The van der Waals surface area contributed by atoms with Gasteiger partial charge in [0.15, 0.2) is 0 Å². The van der Waals surface area contributed by atoms with Gasteiger partial charge >= 0.3 is 5.97 Å². The molecule has 0 radical (unpaired) electrons. The Kier molecular flexibility index (Phi) is 3.96. The standard InChI is InChI=1S/C12H17N3O4S/c13-11(14)8-3-5-9(6-4-8)20(18,19)15-7-1-2-10(15)12(16)17/h3-5,9-10H,1-2,6-7H2,(H3,13,14)(H,16,17)/t9?,10-/m0/s1. The summed E-state index contributed by atoms with van der Waals surface area (Å²) >= 11 is 0. The second-order valence-electron chi connectivity index (χ2n) is 4.86. The highest BCUT2D eigenvalue weighted by atomic mass is 32.2. The van der Waals surface area contributed by atoms with Crippen LogP contribution in [-0.4, -0.2) is 47.5 Å². The van der Waals surface area contributed by atoms with Gasteiger partial charge in [0.1, 0.15) is 11.9 Å². The van der Waals surface area contributed by atoms with Crippen LogP contribution in [0.1, 0.15) is 19.3 Å². The van der Waals surface area contributed by atoms with E-state index in [4.69, 9.17) is 16.2 Å². The van der Waals surface area contributed by atoms with E-state index in [2.05, 4.69) is 0 Å². The monoisotopic (exact) mass is 299 g/mol. The summed E-state index contributed by atoms with van der Waals surface area (Å²) in [6.45, 7) is 0.243. The number of nitrogens with zero attached hydrogens (tertiary/aromatic N) is 1. The van der Waals surface area contributed by atoms with Crippen molar-refractivity contribution in [3.8, 4) is 0 Å². The zero-order valence-electron chi connectivity index (χ0n) is 10.8. The van der Waals surface area contributed by atoms with Gasteiger partial charge in [0, 0.05) is 12.1 Å². The van der Waals surface area contributed by atoms with Crippen LogP contribution in [0.3, 0.4) is 0 Å². The number of nitrogens with two attached hydrogens (primary N) is 1. The maximum absolute atomic E-state index is 12.5. The molecule has 0 aromatic heterocycles. The maximum Gasteiger partial charge on any atom is 0.322 e. The molecule has 2 aliphatic rings. The lowest BCUT2D eigenvalue weighted by Gasteiger charge is -2.26. The van der Waals surface area contributed by atoms with Crippen LogP contribution in [0.25, 0.3) is 0 Å². The number of carboxylic acids is 1. The van der Waals surface area contributed by atoms with Gasteiger partial charge in [0.05, 0.1) is 5.25 Å². The third-order valence-corrected chi connectivity index (χ3v) is 5.78. The molecule has 4 N–H and O–H groups in total. The minimum absolute atomic E-state index is 0.110. The average Bonchev–Trinajstić information content (AvgIpc) is 2.89. The first kappa shape index (κ1) is 14.7. The summed E-state index contributed by atoms with van der Waals surface area (Å²) in [5.74, 6) is -1.22. The van der Waals surface area contributed by atoms with E-state index in [0.717, 1.165) is 4.31 Å². The lowest BCUT2D eigenvalue weighted by molar-refractivity contribution is -0.140. The molecule has 1 saturated heterocycles. The topological polar surface area (TPSA) is 125 Å². The van der Waals surface area contributed by atoms with Crippen LogP contribution in [0, 0.1) is 5.41 Å². The fourth-order valence-corrected chi connectivity index (χ4v) is 4.39. The Labute approximate surface area is 117 Å². The second-order valence-corrected chi connectivity index (χ2v) is 6.96. The van der Waals surface area contributed by atoms with Gasteiger partial charge in [0.2, 0.25) is 10.0 Å². The molecular weight excluding hydrogens is 282 g/mol. The zero-order chi connectivity index (χ0) is 14.9. The van der Waals surface area contributed by atoms with E-state index in [0.29, 0.717) is 18.4 Å². The molecule has 0 aromatic carbocycles. The second kappa shape index (κ2) is 5.37. The first-order valence-electron chi connectivity index (χ1n) is 6.30. The third kappa shape index (κ3) is 2.61. The molecule has 0 spiro atoms. The summed E-state index contributed by atoms with van der Waals surface area (Å²) in [6.07, 6.45) is 5.68. The van der Waals surface area contributed by atoms with E-state index in [1.807, 2.05) is 0 Å². The number of allylic oxidation sites excluding steroid dienone is 1. The molecule has 1 aliphatic carbocycles. The Balaban J connectivity index is 2.19. The molecule has 0 amide bonds. The number of hydrogen-bond donors (Lipinski definition) is 3. The van der Waals surface area contributed by atoms with Gasteiger partial charge in [0.25, 0.3) is 0 Å². The molecule has 7 nitrogen and oxygen atoms in total. The maximum atomic E-state index is 12.5. The van der Waals surface area contributed by atoms with Crippen molar-refractivity contribution in [2.75, 3.05) is 6.54 Å². The number of carboxylic acid groups (broad SMARTS) is 1. The van der Waals surface area contributed by atoms with E-state index in [-0.39, 0.29) is 18.8 Å². The minimum atomic E-state index is -3.70. The highest BCUT2D eigenvalue weighted by molar-refractivity contribution is 7.90. The Hall–Kier alpha value is -1.67. The fraction of sp³-hybridized carbons (Fsp3) is 0.500. The molecule has 2 rings (SSSR count). The van der Waals surface area contributed by atoms with Crippen LogP contribution < -0.4 is 5.73 Å². The Bertz CT molecular complexity index is 594. The number of aliphatic carboxylic acids is 1. The Morgan fingerprint density at radius 3 is 2.70 bits per heavy atom. The molecule has 0 aromatic rings. The van der Waals surface area contributed by atoms with E-state index in [9.17, 15) is 13.2 Å². The van der Waals surface area contributed by atoms with Crippen molar-refractivity contribution in [2.24, 2.45) is 5.73 Å². The van der Waals surface area contributed by atoms with Crippen molar-refractivity contribution in [1.29, 1.82) is 5.41 Å². The normalized spacial score (nSPS) is 27.3. The molecule has 1 aliphatic heterocycles. The molecule has 0 saturated carbocycles. The van der Waals surface area contributed by atoms with Crippen molar-refractivity contribution in [1.82, 2.24) is 4.31 Å². The summed E-state index contributed by atoms with van der Waals surface area (Å²) in [7, 11) is -3.70. The van der Waals surface area contributed by atoms with Crippen molar-refractivity contribution < 1.29 is 18.3 Å². The van der Waals surface area contributed by atoms with Crippen LogP contribution in [0.2, 0.25) is 0 Å². The van der Waals surface area contributed by atoms with Crippen molar-refractivity contribution in [3.05, 3.63) is 23.8 Å². The summed E-state index contributed by atoms with van der Waals surface area (Å²) < 4.78 is 26.0. The van der Waals surface area contributed by atoms with Gasteiger partial charge in [-0.25, -0.2) is 8.42 Å². The number of amidine groups is 1. The zero-order valence-corrected chi connectivity index (χ0v) is 11.6. The van der Waals surface area contributed by atoms with Gasteiger partial charge in [-0.2, -0.15) is 4.31 Å². The van der Waals surface area contributed by atoms with Gasteiger partial charge in [-0.15, -0.1) is 0 Å². The number of rotatable bonds is 4. The average molecular weight is 299 g/mol. The minimum Gasteiger partial charge on any atom is -0.480 e. The Morgan fingerprint density at radius 2 is 2.20 bits per heavy atom. The fourth-order valence-electron chi connectivity index (χ4n) is 2.49. The molecular formula is C12H17N3O4S. The van der Waals surface area contributed by atoms with Crippen LogP contribution in [0.15, 0.2) is 23.8 Å². The van der Waals surface area contributed by atoms with Crippen molar-refractivity contribution in [3.63, 3.8) is 0 Å². The predicted octanol–water partition coefficient (Wildman–Crippen LogP) is 0.0561. The molecule has 110 valence electrons. The molecule has 1 heterocycles. The molecule has 1 unspecified atom stereocenters. The molecule has 1 fully saturated rings. The lowest BCUT2D eigenvalue weighted by Crippen LogP contribution is -2.44. The molecule has 0 bridgehead atoms. The first-order chi connectivity index (χ1) is 9.34. The smallest absolute Gasteiger partial charge is 0.322 e. The number of sulfonamides is 1. The largest absolute Gasteiger partial charge is 0.480 e. The van der Waals surface area contributed by atoms with Crippen LogP contribution >= 0.6 is 0 Å². The van der Waals surface area contributed by atoms with E-state index >= 15 is 0 Å². The quantitative estimate of drug-likeness (QED) is 0.500. The van der Waals surface area contributed by atoms with Crippen LogP contribution in [0.4, 0.5) is 0 Å². The molecule has 2 atom stereocenters. The number of carbonyl (C=O) groups is 1. The van der Waals surface area contributed by atoms with E-state index in [1.165, 1.54) is 12.2 Å². The number of nitrogens with one attached hydrogen (secondary N) is 1. The Morgan fingerprint density at radius 1 is 1.50 bits per heavy atom. The first-order valence-corrected chi connectivity index (χ1v) is 7.80. The van der Waals surface area contributed by atoms with E-state index < -0.39 is 27.3 Å². The number of hydrogen-bond acceptors (Lipinski definition) is 4. The van der Waals surface area contributed by atoms with Crippen LogP contribution in [0.5, 0.6) is 0 Å². The summed E-state index contributed by atoms with van der Waals surface area (Å²) in [5.41, 5.74) is 5.82. The summed E-state index contributed by atoms with van der Waals surface area (Å²) in [6, 6.07) is -0.966. The van der Waals surface area contributed by atoms with Crippen LogP contribution in [-0.2, 0) is 14.8 Å². The molecule has 20 heavy (non-hydrogen) atoms. The SMILES string of the molecule is N=C(N)C1=CCC(S(=O)(=O)N2CCC[C@H]2C(=O)O)C=C1.